The molecule has 0 fully saturated rings. The van der Waals surface area contributed by atoms with Crippen molar-refractivity contribution in [3.05, 3.63) is 45.1 Å². The van der Waals surface area contributed by atoms with Crippen molar-refractivity contribution < 1.29 is 4.79 Å². The lowest BCUT2D eigenvalue weighted by Crippen LogP contribution is -2.21. The van der Waals surface area contributed by atoms with Gasteiger partial charge in [0, 0.05) is 11.3 Å². The molecule has 0 spiro atoms. The summed E-state index contributed by atoms with van der Waals surface area (Å²) in [5.74, 6) is -0.309. The van der Waals surface area contributed by atoms with Crippen LogP contribution in [0.5, 0.6) is 0 Å². The molecule has 0 atom stereocenters. The molecule has 0 aliphatic heterocycles. The highest BCUT2D eigenvalue weighted by Gasteiger charge is 2.17. The third kappa shape index (κ3) is 2.62. The fourth-order valence-corrected chi connectivity index (χ4v) is 2.00. The first-order valence-corrected chi connectivity index (χ1v) is 6.46. The molecule has 0 radical (unpaired) electrons. The predicted octanol–water partition coefficient (Wildman–Crippen LogP) is 0.769. The summed E-state index contributed by atoms with van der Waals surface area (Å²) in [6, 6.07) is 1.72. The van der Waals surface area contributed by atoms with E-state index in [-0.39, 0.29) is 11.5 Å². The number of hydrogen-bond donors (Lipinski definition) is 2. The summed E-state index contributed by atoms with van der Waals surface area (Å²) in [5, 5.41) is 4.28. The van der Waals surface area contributed by atoms with Gasteiger partial charge in [-0.25, -0.2) is 4.98 Å². The second-order valence-electron chi connectivity index (χ2n) is 4.75. The van der Waals surface area contributed by atoms with Gasteiger partial charge in [-0.05, 0) is 33.8 Å². The van der Waals surface area contributed by atoms with E-state index in [2.05, 4.69) is 15.1 Å². The third-order valence-electron chi connectivity index (χ3n) is 3.24. The maximum Gasteiger partial charge on any atom is 0.255 e. The third-order valence-corrected chi connectivity index (χ3v) is 3.24. The number of aromatic nitrogens is 4. The second kappa shape index (κ2) is 5.35. The van der Waals surface area contributed by atoms with E-state index in [1.807, 2.05) is 0 Å². The molecule has 2 aromatic heterocycles. The molecule has 110 valence electrons. The Kier molecular flexibility index (Phi) is 3.75. The van der Waals surface area contributed by atoms with Gasteiger partial charge in [0.1, 0.15) is 0 Å². The number of aromatic amines is 1. The highest BCUT2D eigenvalue weighted by atomic mass is 16.1. The Morgan fingerprint density at radius 2 is 2.05 bits per heavy atom. The van der Waals surface area contributed by atoms with E-state index >= 15 is 0 Å². The topological polar surface area (TPSA) is 107 Å². The van der Waals surface area contributed by atoms with Crippen molar-refractivity contribution in [3.63, 3.8) is 0 Å². The Labute approximate surface area is 121 Å². The molecule has 3 N–H and O–H groups in total. The van der Waals surface area contributed by atoms with Crippen molar-refractivity contribution >= 4 is 11.5 Å². The molecule has 0 aliphatic rings. The lowest BCUT2D eigenvalue weighted by molar-refractivity contribution is -0.112. The zero-order valence-corrected chi connectivity index (χ0v) is 12.4. The number of allylic oxidation sites excluding steroid dienone is 1. The van der Waals surface area contributed by atoms with E-state index in [0.717, 1.165) is 0 Å². The predicted molar refractivity (Wildman–Crippen MR) is 79.0 cm³/mol. The second-order valence-corrected chi connectivity index (χ2v) is 4.75. The van der Waals surface area contributed by atoms with Crippen LogP contribution < -0.4 is 11.3 Å². The normalized spacial score (nSPS) is 11.7. The molecule has 0 saturated heterocycles. The molecule has 7 heteroatoms. The van der Waals surface area contributed by atoms with E-state index in [4.69, 9.17) is 5.73 Å². The number of primary amides is 1. The van der Waals surface area contributed by atoms with Crippen LogP contribution in [0, 0.1) is 20.8 Å². The van der Waals surface area contributed by atoms with Gasteiger partial charge in [0.15, 0.2) is 0 Å². The zero-order chi connectivity index (χ0) is 15.7. The summed E-state index contributed by atoms with van der Waals surface area (Å²) in [4.78, 5) is 30.4. The molecule has 0 unspecified atom stereocenters. The van der Waals surface area contributed by atoms with E-state index < -0.39 is 5.91 Å². The summed E-state index contributed by atoms with van der Waals surface area (Å²) >= 11 is 0. The van der Waals surface area contributed by atoms with Gasteiger partial charge in [0.25, 0.3) is 11.5 Å². The van der Waals surface area contributed by atoms with Crippen molar-refractivity contribution in [2.45, 2.75) is 27.7 Å². The number of hydrogen-bond acceptors (Lipinski definition) is 4. The lowest BCUT2D eigenvalue weighted by Gasteiger charge is -2.08. The van der Waals surface area contributed by atoms with E-state index in [1.54, 1.807) is 39.8 Å². The number of aryl methyl sites for hydroxylation is 2. The number of nitrogens with two attached hydrogens (primary N) is 1. The molecule has 7 nitrogen and oxygen atoms in total. The van der Waals surface area contributed by atoms with Crippen molar-refractivity contribution in [1.82, 2.24) is 19.7 Å². The first-order chi connectivity index (χ1) is 9.85. The molecule has 2 heterocycles. The molecule has 2 rings (SSSR count). The maximum absolute atomic E-state index is 11.9. The Morgan fingerprint density at radius 3 is 2.57 bits per heavy atom. The Morgan fingerprint density at radius 1 is 1.38 bits per heavy atom. The standard InChI is InChI=1S/C14H17N5O2/c1-5-10(12(15)20)11-6-7(2)18-19(11)14-16-9(4)8(3)13(21)17-14/h5-6H,1-4H3,(H2,15,20)(H,16,17,21). The maximum atomic E-state index is 11.9. The lowest BCUT2D eigenvalue weighted by atomic mass is 10.1. The fraction of sp³-hybridized carbons (Fsp3) is 0.286. The molecular formula is C14H17N5O2. The Hall–Kier alpha value is -2.70. The summed E-state index contributed by atoms with van der Waals surface area (Å²) in [7, 11) is 0. The van der Waals surface area contributed by atoms with Crippen LogP contribution in [0.4, 0.5) is 0 Å². The van der Waals surface area contributed by atoms with Gasteiger partial charge in [-0.15, -0.1) is 0 Å². The van der Waals surface area contributed by atoms with Gasteiger partial charge in [0.05, 0.1) is 17.0 Å². The van der Waals surface area contributed by atoms with Crippen LogP contribution in [0.3, 0.4) is 0 Å². The largest absolute Gasteiger partial charge is 0.366 e. The number of H-pyrrole nitrogens is 1. The minimum atomic E-state index is -0.565. The van der Waals surface area contributed by atoms with Crippen molar-refractivity contribution in [2.24, 2.45) is 5.73 Å². The smallest absolute Gasteiger partial charge is 0.255 e. The molecule has 0 saturated carbocycles. The highest BCUT2D eigenvalue weighted by molar-refractivity contribution is 6.18. The summed E-state index contributed by atoms with van der Waals surface area (Å²) in [6.45, 7) is 6.94. The first kappa shape index (κ1) is 14.7. The van der Waals surface area contributed by atoms with Crippen LogP contribution in [-0.4, -0.2) is 25.7 Å². The van der Waals surface area contributed by atoms with Crippen LogP contribution in [0.15, 0.2) is 16.9 Å². The highest BCUT2D eigenvalue weighted by Crippen LogP contribution is 2.18. The van der Waals surface area contributed by atoms with Crippen molar-refractivity contribution in [3.8, 4) is 5.95 Å². The van der Waals surface area contributed by atoms with Gasteiger partial charge in [-0.3, -0.25) is 14.6 Å². The number of carbonyl (C=O) groups is 1. The minimum Gasteiger partial charge on any atom is -0.366 e. The van der Waals surface area contributed by atoms with Gasteiger partial charge >= 0.3 is 0 Å². The van der Waals surface area contributed by atoms with Crippen LogP contribution in [0.25, 0.3) is 11.5 Å². The molecule has 21 heavy (non-hydrogen) atoms. The number of nitrogens with zero attached hydrogens (tertiary/aromatic N) is 3. The average Bonchev–Trinajstić information content (AvgIpc) is 2.77. The van der Waals surface area contributed by atoms with Crippen LogP contribution in [-0.2, 0) is 4.79 Å². The summed E-state index contributed by atoms with van der Waals surface area (Å²) in [5.41, 5.74) is 7.79. The Bertz CT molecular complexity index is 798. The summed E-state index contributed by atoms with van der Waals surface area (Å²) < 4.78 is 1.42. The number of nitrogens with one attached hydrogen (secondary N) is 1. The monoisotopic (exact) mass is 287 g/mol. The summed E-state index contributed by atoms with van der Waals surface area (Å²) in [6.07, 6.45) is 1.61. The SMILES string of the molecule is CC=C(C(N)=O)c1cc(C)nn1-c1nc(C)c(C)c(=O)[nH]1. The van der Waals surface area contributed by atoms with Crippen LogP contribution in [0.1, 0.15) is 29.6 Å². The van der Waals surface area contributed by atoms with Gasteiger partial charge in [0.2, 0.25) is 5.95 Å². The van der Waals surface area contributed by atoms with Crippen LogP contribution in [0.2, 0.25) is 0 Å². The first-order valence-electron chi connectivity index (χ1n) is 6.46. The molecule has 2 aromatic rings. The van der Waals surface area contributed by atoms with Crippen LogP contribution >= 0.6 is 0 Å². The zero-order valence-electron chi connectivity index (χ0n) is 12.4. The molecule has 0 aliphatic carbocycles. The molecular weight excluding hydrogens is 270 g/mol. The van der Waals surface area contributed by atoms with E-state index in [0.29, 0.717) is 28.2 Å². The Balaban J connectivity index is 2.71. The van der Waals surface area contributed by atoms with Crippen molar-refractivity contribution in [1.29, 1.82) is 0 Å². The number of carbonyl (C=O) groups excluding carboxylic acids is 1. The average molecular weight is 287 g/mol. The van der Waals surface area contributed by atoms with Gasteiger partial charge in [-0.1, -0.05) is 6.08 Å². The number of rotatable bonds is 3. The van der Waals surface area contributed by atoms with E-state index in [1.165, 1.54) is 4.68 Å². The van der Waals surface area contributed by atoms with Gasteiger partial charge < -0.3 is 5.73 Å². The molecule has 1 amide bonds. The number of amides is 1. The molecule has 0 aromatic carbocycles. The quantitative estimate of drug-likeness (QED) is 0.813. The minimum absolute atomic E-state index is 0.238. The van der Waals surface area contributed by atoms with E-state index in [9.17, 15) is 9.59 Å². The van der Waals surface area contributed by atoms with Gasteiger partial charge in [-0.2, -0.15) is 9.78 Å². The fourth-order valence-electron chi connectivity index (χ4n) is 2.00. The van der Waals surface area contributed by atoms with Crippen molar-refractivity contribution in [2.75, 3.05) is 0 Å². The molecule has 0 bridgehead atoms.